The topological polar surface area (TPSA) is 72.8 Å². The molecular formula is C16H14O5. The SMILES string of the molecule is COC(=O)C=C(C(=O)OC)c1c(O)ccc2ccccc12. The molecule has 0 aromatic heterocycles. The van der Waals surface area contributed by atoms with E-state index >= 15 is 0 Å². The molecule has 0 bridgehead atoms. The van der Waals surface area contributed by atoms with Crippen LogP contribution in [0.3, 0.4) is 0 Å². The number of benzene rings is 2. The minimum absolute atomic E-state index is 0.0568. The summed E-state index contributed by atoms with van der Waals surface area (Å²) in [4.78, 5) is 23.4. The van der Waals surface area contributed by atoms with Crippen molar-refractivity contribution in [2.24, 2.45) is 0 Å². The van der Waals surface area contributed by atoms with Crippen molar-refractivity contribution in [3.05, 3.63) is 48.0 Å². The Labute approximate surface area is 121 Å². The lowest BCUT2D eigenvalue weighted by molar-refractivity contribution is -0.136. The highest BCUT2D eigenvalue weighted by molar-refractivity contribution is 6.24. The average molecular weight is 286 g/mol. The highest BCUT2D eigenvalue weighted by Crippen LogP contribution is 2.33. The van der Waals surface area contributed by atoms with Gasteiger partial charge < -0.3 is 14.6 Å². The summed E-state index contributed by atoms with van der Waals surface area (Å²) in [5, 5.41) is 11.6. The predicted octanol–water partition coefficient (Wildman–Crippen LogP) is 2.27. The van der Waals surface area contributed by atoms with Crippen molar-refractivity contribution in [3.8, 4) is 5.75 Å². The summed E-state index contributed by atoms with van der Waals surface area (Å²) in [7, 11) is 2.41. The zero-order valence-corrected chi connectivity index (χ0v) is 11.6. The van der Waals surface area contributed by atoms with Gasteiger partial charge in [0, 0.05) is 11.6 Å². The number of aromatic hydroxyl groups is 1. The van der Waals surface area contributed by atoms with Crippen molar-refractivity contribution in [1.29, 1.82) is 0 Å². The molecule has 0 saturated carbocycles. The first kappa shape index (κ1) is 14.6. The number of esters is 2. The Morgan fingerprint density at radius 2 is 1.76 bits per heavy atom. The highest BCUT2D eigenvalue weighted by atomic mass is 16.5. The van der Waals surface area contributed by atoms with E-state index in [0.29, 0.717) is 5.39 Å². The molecular weight excluding hydrogens is 272 g/mol. The van der Waals surface area contributed by atoms with Crippen molar-refractivity contribution in [3.63, 3.8) is 0 Å². The van der Waals surface area contributed by atoms with Gasteiger partial charge in [0.1, 0.15) is 5.75 Å². The van der Waals surface area contributed by atoms with Gasteiger partial charge in [-0.3, -0.25) is 0 Å². The van der Waals surface area contributed by atoms with E-state index in [4.69, 9.17) is 0 Å². The minimum atomic E-state index is -0.730. The number of phenolic OH excluding ortho intramolecular Hbond substituents is 1. The molecule has 0 spiro atoms. The van der Waals surface area contributed by atoms with Crippen molar-refractivity contribution in [2.75, 3.05) is 14.2 Å². The molecule has 2 aromatic carbocycles. The molecule has 0 saturated heterocycles. The molecule has 2 aromatic rings. The van der Waals surface area contributed by atoms with Gasteiger partial charge in [-0.1, -0.05) is 30.3 Å². The monoisotopic (exact) mass is 286 g/mol. The number of hydrogen-bond donors (Lipinski definition) is 1. The van der Waals surface area contributed by atoms with E-state index in [9.17, 15) is 14.7 Å². The van der Waals surface area contributed by atoms with E-state index in [1.165, 1.54) is 20.3 Å². The van der Waals surface area contributed by atoms with E-state index in [2.05, 4.69) is 9.47 Å². The second kappa shape index (κ2) is 6.09. The van der Waals surface area contributed by atoms with Gasteiger partial charge >= 0.3 is 11.9 Å². The fourth-order valence-corrected chi connectivity index (χ4v) is 2.06. The molecule has 2 rings (SSSR count). The van der Waals surface area contributed by atoms with Crippen LogP contribution in [0.15, 0.2) is 42.5 Å². The zero-order chi connectivity index (χ0) is 15.4. The molecule has 0 fully saturated rings. The van der Waals surface area contributed by atoms with Gasteiger partial charge in [-0.25, -0.2) is 9.59 Å². The third-order valence-corrected chi connectivity index (χ3v) is 3.05. The fraction of sp³-hybridized carbons (Fsp3) is 0.125. The lowest BCUT2D eigenvalue weighted by atomic mass is 9.97. The quantitative estimate of drug-likeness (QED) is 0.692. The maximum absolute atomic E-state index is 12.0. The van der Waals surface area contributed by atoms with Crippen molar-refractivity contribution in [2.45, 2.75) is 0 Å². The maximum atomic E-state index is 12.0. The minimum Gasteiger partial charge on any atom is -0.507 e. The Kier molecular flexibility index (Phi) is 4.23. The van der Waals surface area contributed by atoms with Gasteiger partial charge in [0.05, 0.1) is 19.8 Å². The van der Waals surface area contributed by atoms with Crippen LogP contribution in [-0.2, 0) is 19.1 Å². The van der Waals surface area contributed by atoms with Crippen molar-refractivity contribution >= 4 is 28.3 Å². The molecule has 21 heavy (non-hydrogen) atoms. The Morgan fingerprint density at radius 3 is 2.43 bits per heavy atom. The normalized spacial score (nSPS) is 11.2. The highest BCUT2D eigenvalue weighted by Gasteiger charge is 2.20. The van der Waals surface area contributed by atoms with E-state index in [1.54, 1.807) is 18.2 Å². The summed E-state index contributed by atoms with van der Waals surface area (Å²) in [6.07, 6.45) is 1.01. The number of carbonyl (C=O) groups is 2. The lowest BCUT2D eigenvalue weighted by Crippen LogP contribution is -2.08. The lowest BCUT2D eigenvalue weighted by Gasteiger charge is -2.11. The van der Waals surface area contributed by atoms with Crippen LogP contribution in [-0.4, -0.2) is 31.3 Å². The third-order valence-electron chi connectivity index (χ3n) is 3.05. The first-order valence-corrected chi connectivity index (χ1v) is 6.17. The van der Waals surface area contributed by atoms with Crippen LogP contribution in [0, 0.1) is 0 Å². The summed E-state index contributed by atoms with van der Waals surface area (Å²) >= 11 is 0. The molecule has 0 heterocycles. The smallest absolute Gasteiger partial charge is 0.338 e. The van der Waals surface area contributed by atoms with E-state index in [-0.39, 0.29) is 16.9 Å². The Balaban J connectivity index is 2.76. The molecule has 0 aliphatic carbocycles. The standard InChI is InChI=1S/C16H14O5/c1-20-14(18)9-12(16(19)21-2)15-11-6-4-3-5-10(11)7-8-13(15)17/h3-9,17H,1-2H3. The molecule has 0 radical (unpaired) electrons. The van der Waals surface area contributed by atoms with Gasteiger partial charge in [-0.05, 0) is 16.8 Å². The summed E-state index contributed by atoms with van der Waals surface area (Å²) < 4.78 is 9.23. The van der Waals surface area contributed by atoms with Gasteiger partial charge in [0.2, 0.25) is 0 Å². The Bertz CT molecular complexity index is 731. The second-order valence-electron chi connectivity index (χ2n) is 4.25. The molecule has 0 aliphatic heterocycles. The molecule has 0 atom stereocenters. The number of methoxy groups -OCH3 is 2. The first-order valence-electron chi connectivity index (χ1n) is 6.17. The molecule has 108 valence electrons. The largest absolute Gasteiger partial charge is 0.507 e. The van der Waals surface area contributed by atoms with Crippen LogP contribution in [0.4, 0.5) is 0 Å². The van der Waals surface area contributed by atoms with Crippen LogP contribution >= 0.6 is 0 Å². The van der Waals surface area contributed by atoms with Crippen LogP contribution in [0.5, 0.6) is 5.75 Å². The van der Waals surface area contributed by atoms with Gasteiger partial charge in [-0.15, -0.1) is 0 Å². The summed E-state index contributed by atoms with van der Waals surface area (Å²) in [6, 6.07) is 10.4. The maximum Gasteiger partial charge on any atom is 0.338 e. The van der Waals surface area contributed by atoms with E-state index in [0.717, 1.165) is 11.5 Å². The average Bonchev–Trinajstić information content (AvgIpc) is 2.52. The van der Waals surface area contributed by atoms with E-state index in [1.807, 2.05) is 12.1 Å². The second-order valence-corrected chi connectivity index (χ2v) is 4.25. The number of phenols is 1. The van der Waals surface area contributed by atoms with Crippen LogP contribution in [0.2, 0.25) is 0 Å². The van der Waals surface area contributed by atoms with Crippen molar-refractivity contribution < 1.29 is 24.2 Å². The Hall–Kier alpha value is -2.82. The van der Waals surface area contributed by atoms with Gasteiger partial charge in [0.15, 0.2) is 0 Å². The summed E-state index contributed by atoms with van der Waals surface area (Å²) in [5.41, 5.74) is 0.184. The predicted molar refractivity (Wildman–Crippen MR) is 77.6 cm³/mol. The molecule has 5 heteroatoms. The fourth-order valence-electron chi connectivity index (χ4n) is 2.06. The van der Waals surface area contributed by atoms with Crippen LogP contribution in [0.25, 0.3) is 16.3 Å². The molecule has 1 N–H and O–H groups in total. The molecule has 5 nitrogen and oxygen atoms in total. The van der Waals surface area contributed by atoms with Gasteiger partial charge in [-0.2, -0.15) is 0 Å². The van der Waals surface area contributed by atoms with E-state index < -0.39 is 11.9 Å². The zero-order valence-electron chi connectivity index (χ0n) is 11.6. The summed E-state index contributed by atoms with van der Waals surface area (Å²) in [6.45, 7) is 0. The number of rotatable bonds is 3. The van der Waals surface area contributed by atoms with Crippen LogP contribution in [0.1, 0.15) is 5.56 Å². The number of fused-ring (bicyclic) bond motifs is 1. The Morgan fingerprint density at radius 1 is 1.05 bits per heavy atom. The molecule has 0 aliphatic rings. The molecule has 0 unspecified atom stereocenters. The third kappa shape index (κ3) is 2.86. The van der Waals surface area contributed by atoms with Crippen molar-refractivity contribution in [1.82, 2.24) is 0 Å². The number of ether oxygens (including phenoxy) is 2. The first-order chi connectivity index (χ1) is 10.1. The van der Waals surface area contributed by atoms with Crippen LogP contribution < -0.4 is 0 Å². The summed E-state index contributed by atoms with van der Waals surface area (Å²) in [5.74, 6) is -1.55. The number of carbonyl (C=O) groups excluding carboxylic acids is 2. The van der Waals surface area contributed by atoms with Gasteiger partial charge in [0.25, 0.3) is 0 Å². The number of hydrogen-bond acceptors (Lipinski definition) is 5. The molecule has 0 amide bonds.